The van der Waals surface area contributed by atoms with Crippen LogP contribution >= 0.6 is 23.4 Å². The van der Waals surface area contributed by atoms with Gasteiger partial charge in [-0.2, -0.15) is 4.31 Å². The predicted molar refractivity (Wildman–Crippen MR) is 93.6 cm³/mol. The van der Waals surface area contributed by atoms with Gasteiger partial charge in [-0.3, -0.25) is 10.1 Å². The van der Waals surface area contributed by atoms with Crippen LogP contribution in [-0.2, 0) is 10.0 Å². The molecule has 0 aromatic heterocycles. The van der Waals surface area contributed by atoms with E-state index in [9.17, 15) is 18.5 Å². The van der Waals surface area contributed by atoms with Crippen LogP contribution in [-0.4, -0.2) is 29.9 Å². The van der Waals surface area contributed by atoms with Gasteiger partial charge in [0.05, 0.1) is 15.2 Å². The number of nitrogens with zero attached hydrogens (tertiary/aromatic N) is 2. The van der Waals surface area contributed by atoms with E-state index in [-0.39, 0.29) is 16.0 Å². The van der Waals surface area contributed by atoms with Crippen molar-refractivity contribution in [3.8, 4) is 0 Å². The number of hydrogen-bond donors (Lipinski definition) is 0. The molecule has 2 aromatic rings. The molecule has 1 aliphatic rings. The normalized spacial score (nSPS) is 18.6. The van der Waals surface area contributed by atoms with Crippen molar-refractivity contribution < 1.29 is 13.3 Å². The van der Waals surface area contributed by atoms with Gasteiger partial charge in [0, 0.05) is 29.5 Å². The van der Waals surface area contributed by atoms with Crippen molar-refractivity contribution in [2.75, 3.05) is 12.3 Å². The predicted octanol–water partition coefficient (Wildman–Crippen LogP) is 3.68. The SMILES string of the molecule is O=[N+]([O-])c1cccc(S(=O)(=O)N2CCS[C@@H]2c2ccc(Cl)cc2)c1. The molecule has 126 valence electrons. The Morgan fingerprint density at radius 3 is 2.58 bits per heavy atom. The summed E-state index contributed by atoms with van der Waals surface area (Å²) in [5.74, 6) is 0.654. The van der Waals surface area contributed by atoms with E-state index in [2.05, 4.69) is 0 Å². The number of nitro groups is 1. The highest BCUT2D eigenvalue weighted by Crippen LogP contribution is 2.41. The lowest BCUT2D eigenvalue weighted by molar-refractivity contribution is -0.385. The van der Waals surface area contributed by atoms with Crippen molar-refractivity contribution >= 4 is 39.1 Å². The van der Waals surface area contributed by atoms with Crippen molar-refractivity contribution in [2.45, 2.75) is 10.3 Å². The minimum atomic E-state index is -3.83. The van der Waals surface area contributed by atoms with Crippen LogP contribution in [0.4, 0.5) is 5.69 Å². The Morgan fingerprint density at radius 1 is 1.21 bits per heavy atom. The smallest absolute Gasteiger partial charge is 0.258 e. The first kappa shape index (κ1) is 17.2. The zero-order chi connectivity index (χ0) is 17.3. The molecule has 0 spiro atoms. The third-order valence-electron chi connectivity index (χ3n) is 3.64. The van der Waals surface area contributed by atoms with E-state index in [0.717, 1.165) is 11.6 Å². The molecular weight excluding hydrogens is 372 g/mol. The highest BCUT2D eigenvalue weighted by Gasteiger charge is 2.37. The molecule has 0 aliphatic carbocycles. The van der Waals surface area contributed by atoms with Gasteiger partial charge < -0.3 is 0 Å². The summed E-state index contributed by atoms with van der Waals surface area (Å²) in [6, 6.07) is 12.1. The monoisotopic (exact) mass is 384 g/mol. The molecule has 0 radical (unpaired) electrons. The van der Waals surface area contributed by atoms with E-state index in [0.29, 0.717) is 17.3 Å². The van der Waals surface area contributed by atoms with Crippen molar-refractivity contribution in [3.05, 3.63) is 69.2 Å². The molecular formula is C15H13ClN2O4S2. The van der Waals surface area contributed by atoms with Crippen LogP contribution in [0.5, 0.6) is 0 Å². The van der Waals surface area contributed by atoms with Crippen molar-refractivity contribution in [2.24, 2.45) is 0 Å². The van der Waals surface area contributed by atoms with Gasteiger partial charge in [-0.1, -0.05) is 29.8 Å². The van der Waals surface area contributed by atoms with Gasteiger partial charge in [0.2, 0.25) is 10.0 Å². The third-order valence-corrected chi connectivity index (χ3v) is 7.15. The Bertz CT molecular complexity index is 871. The maximum Gasteiger partial charge on any atom is 0.270 e. The molecule has 6 nitrogen and oxygen atoms in total. The van der Waals surface area contributed by atoms with Crippen LogP contribution in [0.25, 0.3) is 0 Å². The number of sulfonamides is 1. The molecule has 0 bridgehead atoms. The quantitative estimate of drug-likeness (QED) is 0.593. The molecule has 1 fully saturated rings. The largest absolute Gasteiger partial charge is 0.270 e. The summed E-state index contributed by atoms with van der Waals surface area (Å²) in [4.78, 5) is 10.2. The molecule has 0 amide bonds. The van der Waals surface area contributed by atoms with Gasteiger partial charge >= 0.3 is 0 Å². The summed E-state index contributed by atoms with van der Waals surface area (Å²) in [7, 11) is -3.83. The van der Waals surface area contributed by atoms with Crippen molar-refractivity contribution in [1.29, 1.82) is 0 Å². The molecule has 3 rings (SSSR count). The van der Waals surface area contributed by atoms with E-state index in [1.807, 2.05) is 0 Å². The maximum absolute atomic E-state index is 12.9. The molecule has 0 N–H and O–H groups in total. The maximum atomic E-state index is 12.9. The zero-order valence-corrected chi connectivity index (χ0v) is 14.7. The van der Waals surface area contributed by atoms with Gasteiger partial charge in [-0.15, -0.1) is 11.8 Å². The summed E-state index contributed by atoms with van der Waals surface area (Å²) < 4.78 is 27.2. The van der Waals surface area contributed by atoms with Crippen LogP contribution in [0.15, 0.2) is 53.4 Å². The highest BCUT2D eigenvalue weighted by atomic mass is 35.5. The average Bonchev–Trinajstić information content (AvgIpc) is 3.06. The number of thioether (sulfide) groups is 1. The van der Waals surface area contributed by atoms with E-state index < -0.39 is 14.9 Å². The fraction of sp³-hybridized carbons (Fsp3) is 0.200. The first-order valence-electron chi connectivity index (χ1n) is 7.03. The molecule has 0 unspecified atom stereocenters. The first-order chi connectivity index (χ1) is 11.4. The summed E-state index contributed by atoms with van der Waals surface area (Å²) >= 11 is 7.40. The highest BCUT2D eigenvalue weighted by molar-refractivity contribution is 8.01. The van der Waals surface area contributed by atoms with Crippen molar-refractivity contribution in [1.82, 2.24) is 4.31 Å². The molecule has 0 saturated carbocycles. The fourth-order valence-electron chi connectivity index (χ4n) is 2.48. The fourth-order valence-corrected chi connectivity index (χ4v) is 5.89. The third kappa shape index (κ3) is 3.27. The van der Waals surface area contributed by atoms with Gasteiger partial charge in [-0.05, 0) is 23.8 Å². The molecule has 1 aliphatic heterocycles. The van der Waals surface area contributed by atoms with E-state index in [4.69, 9.17) is 11.6 Å². The molecule has 24 heavy (non-hydrogen) atoms. The average molecular weight is 385 g/mol. The standard InChI is InChI=1S/C15H13ClN2O4S2/c16-12-6-4-11(5-7-12)15-17(8-9-23-15)24(21,22)14-3-1-2-13(10-14)18(19)20/h1-7,10,15H,8-9H2/t15-/m1/s1. The number of benzene rings is 2. The molecule has 1 saturated heterocycles. The summed E-state index contributed by atoms with van der Waals surface area (Å²) in [6.07, 6.45) is 0. The lowest BCUT2D eigenvalue weighted by atomic mass is 10.2. The Balaban J connectivity index is 1.97. The van der Waals surface area contributed by atoms with Crippen LogP contribution < -0.4 is 0 Å². The zero-order valence-electron chi connectivity index (χ0n) is 12.3. The number of halogens is 1. The van der Waals surface area contributed by atoms with Crippen LogP contribution in [0.2, 0.25) is 5.02 Å². The number of rotatable bonds is 4. The van der Waals surface area contributed by atoms with Gasteiger partial charge in [0.15, 0.2) is 0 Å². The summed E-state index contributed by atoms with van der Waals surface area (Å²) in [5, 5.41) is 11.1. The summed E-state index contributed by atoms with van der Waals surface area (Å²) in [5.41, 5.74) is 0.585. The Morgan fingerprint density at radius 2 is 1.92 bits per heavy atom. The van der Waals surface area contributed by atoms with Crippen LogP contribution in [0.3, 0.4) is 0 Å². The Hall–Kier alpha value is -1.61. The molecule has 1 heterocycles. The van der Waals surface area contributed by atoms with Gasteiger partial charge in [0.25, 0.3) is 5.69 Å². The van der Waals surface area contributed by atoms with Gasteiger partial charge in [-0.25, -0.2) is 8.42 Å². The minimum absolute atomic E-state index is 0.0711. The molecule has 2 aromatic carbocycles. The summed E-state index contributed by atoms with van der Waals surface area (Å²) in [6.45, 7) is 0.350. The van der Waals surface area contributed by atoms with Crippen LogP contribution in [0.1, 0.15) is 10.9 Å². The van der Waals surface area contributed by atoms with E-state index in [1.54, 1.807) is 24.3 Å². The number of non-ortho nitro benzene ring substituents is 1. The second-order valence-corrected chi connectivity index (χ2v) is 8.66. The topological polar surface area (TPSA) is 80.5 Å². The first-order valence-corrected chi connectivity index (χ1v) is 9.89. The number of hydrogen-bond acceptors (Lipinski definition) is 5. The van der Waals surface area contributed by atoms with Crippen molar-refractivity contribution in [3.63, 3.8) is 0 Å². The second kappa shape index (κ2) is 6.72. The second-order valence-electron chi connectivity index (χ2n) is 5.14. The van der Waals surface area contributed by atoms with Crippen LogP contribution in [0, 0.1) is 10.1 Å². The van der Waals surface area contributed by atoms with E-state index >= 15 is 0 Å². The molecule has 1 atom stereocenters. The Labute approximate surface area is 148 Å². The lowest BCUT2D eigenvalue weighted by Crippen LogP contribution is -2.30. The van der Waals surface area contributed by atoms with Gasteiger partial charge in [0.1, 0.15) is 0 Å². The van der Waals surface area contributed by atoms with E-state index in [1.165, 1.54) is 34.3 Å². The Kier molecular flexibility index (Phi) is 4.82. The minimum Gasteiger partial charge on any atom is -0.258 e. The lowest BCUT2D eigenvalue weighted by Gasteiger charge is -2.23. The number of nitro benzene ring substituents is 1. The molecule has 9 heteroatoms.